The van der Waals surface area contributed by atoms with E-state index in [1.165, 1.54) is 23.5 Å². The summed E-state index contributed by atoms with van der Waals surface area (Å²) in [5.74, 6) is -6.52. The third kappa shape index (κ3) is 10.6. The van der Waals surface area contributed by atoms with Crippen LogP contribution in [0.15, 0.2) is 70.8 Å². The molecule has 2 aromatic heterocycles. The second-order valence-electron chi connectivity index (χ2n) is 14.5. The fourth-order valence-corrected chi connectivity index (χ4v) is 9.01. The smallest absolute Gasteiger partial charge is 0.449 e. The van der Waals surface area contributed by atoms with E-state index in [1.807, 2.05) is 30.3 Å². The monoisotopic (exact) mass is 895 g/mol. The Kier molecular flexibility index (Phi) is 13.0. The fraction of sp³-hybridized carbons (Fsp3) is 0.375. The van der Waals surface area contributed by atoms with E-state index in [4.69, 9.17) is 9.47 Å². The average Bonchev–Trinajstić information content (AvgIpc) is 3.87. The summed E-state index contributed by atoms with van der Waals surface area (Å²) < 4.78 is 109. The molecule has 2 aliphatic heterocycles. The lowest BCUT2D eigenvalue weighted by molar-refractivity contribution is -0.205. The van der Waals surface area contributed by atoms with Crippen molar-refractivity contribution in [3.05, 3.63) is 104 Å². The quantitative estimate of drug-likeness (QED) is 0.0594. The number of piperidine rings is 1. The van der Waals surface area contributed by atoms with Crippen molar-refractivity contribution in [2.75, 3.05) is 45.9 Å². The van der Waals surface area contributed by atoms with Crippen LogP contribution in [0, 0.1) is 5.82 Å². The van der Waals surface area contributed by atoms with Crippen LogP contribution in [0.4, 0.5) is 30.7 Å². The molecule has 2 aliphatic rings. The Hall–Kier alpha value is -5.22. The molecule has 7 rings (SSSR count). The molecule has 0 radical (unpaired) electrons. The number of likely N-dealkylation sites (tertiary alicyclic amines) is 1. The first-order valence-corrected chi connectivity index (χ1v) is 20.5. The molecule has 4 heterocycles. The molecule has 2 saturated heterocycles. The molecule has 0 bridgehead atoms. The number of amides is 1. The molecule has 2 N–H and O–H groups in total. The number of morpholine rings is 1. The number of esters is 2. The minimum absolute atomic E-state index is 0.0595. The summed E-state index contributed by atoms with van der Waals surface area (Å²) in [6.07, 6.45) is -11.0. The zero-order chi connectivity index (χ0) is 43.5. The van der Waals surface area contributed by atoms with Crippen LogP contribution in [-0.4, -0.2) is 101 Å². The molecule has 1 amide bonds. The van der Waals surface area contributed by atoms with E-state index in [9.17, 15) is 49.9 Å². The number of rotatable bonds is 12. The third-order valence-corrected chi connectivity index (χ3v) is 12.0. The van der Waals surface area contributed by atoms with Crippen LogP contribution in [-0.2, 0) is 32.0 Å². The average molecular weight is 896 g/mol. The van der Waals surface area contributed by atoms with Crippen LogP contribution in [0.2, 0.25) is 0 Å². The van der Waals surface area contributed by atoms with Crippen molar-refractivity contribution >= 4 is 50.7 Å². The lowest BCUT2D eigenvalue weighted by Crippen LogP contribution is -2.58. The molecule has 0 unspecified atom stereocenters. The number of aromatic nitrogens is 2. The van der Waals surface area contributed by atoms with E-state index >= 15 is 0 Å². The molecule has 1 spiro atoms. The van der Waals surface area contributed by atoms with Gasteiger partial charge >= 0.3 is 29.2 Å². The molecule has 5 aromatic rings. The molecule has 2 fully saturated rings. The van der Waals surface area contributed by atoms with Gasteiger partial charge < -0.3 is 29.4 Å². The number of ether oxygens (including phenoxy) is 3. The maximum atomic E-state index is 14.9. The zero-order valence-electron chi connectivity index (χ0n) is 31.9. The van der Waals surface area contributed by atoms with Crippen LogP contribution in [0.5, 0.6) is 5.75 Å². The summed E-state index contributed by atoms with van der Waals surface area (Å²) in [6.45, 7) is 2.52. The number of H-pyrrole nitrogens is 1. The highest BCUT2D eigenvalue weighted by Gasteiger charge is 2.44. The van der Waals surface area contributed by atoms with Gasteiger partial charge in [0.1, 0.15) is 28.1 Å². The molecule has 3 aromatic carbocycles. The topological polar surface area (TPSA) is 143 Å². The molecule has 12 nitrogen and oxygen atoms in total. The molecule has 324 valence electrons. The minimum atomic E-state index is -5.41. The van der Waals surface area contributed by atoms with Gasteiger partial charge in [-0.2, -0.15) is 26.3 Å². The van der Waals surface area contributed by atoms with Crippen molar-refractivity contribution in [3.8, 4) is 16.3 Å². The normalized spacial score (nSPS) is 16.5. The van der Waals surface area contributed by atoms with Crippen LogP contribution >= 0.6 is 22.7 Å². The summed E-state index contributed by atoms with van der Waals surface area (Å²) >= 11 is 1.81. The van der Waals surface area contributed by atoms with Crippen LogP contribution in [0.1, 0.15) is 46.1 Å². The van der Waals surface area contributed by atoms with E-state index in [-0.39, 0.29) is 29.1 Å². The third-order valence-electron chi connectivity index (χ3n) is 10.2. The highest BCUT2D eigenvalue weighted by Crippen LogP contribution is 2.36. The predicted octanol–water partition coefficient (Wildman–Crippen LogP) is 6.81. The van der Waals surface area contributed by atoms with Gasteiger partial charge in [-0.3, -0.25) is 14.5 Å². The molecular weight excluding hydrogens is 860 g/mol. The van der Waals surface area contributed by atoms with Crippen molar-refractivity contribution in [2.45, 2.75) is 49.9 Å². The predicted molar refractivity (Wildman–Crippen MR) is 209 cm³/mol. The maximum absolute atomic E-state index is 14.9. The van der Waals surface area contributed by atoms with Crippen molar-refractivity contribution in [1.29, 1.82) is 0 Å². The van der Waals surface area contributed by atoms with E-state index in [0.717, 1.165) is 22.7 Å². The number of halogens is 7. The number of carbonyl (C=O) groups is 3. The lowest BCUT2D eigenvalue weighted by atomic mass is 9.89. The molecular formula is C40H36F7N5O7S2. The Morgan fingerprint density at radius 2 is 1.67 bits per heavy atom. The number of nitrogens with one attached hydrogen (secondary N) is 2. The van der Waals surface area contributed by atoms with Gasteiger partial charge in [-0.05, 0) is 61.2 Å². The summed E-state index contributed by atoms with van der Waals surface area (Å²) in [4.78, 5) is 59.0. The van der Waals surface area contributed by atoms with Gasteiger partial charge in [-0.15, -0.1) is 11.3 Å². The molecule has 0 aliphatic carbocycles. The Morgan fingerprint density at radius 3 is 2.39 bits per heavy atom. The standard InChI is InChI=1S/C40H36F7N5O7S2/c41-26-17-23(8-11-48-19-30(59-36(55)40(45,46)47)27-6-7-29(58-35(54)39(42,43)44)31-32(27)61-37(56)50-31)16-24(18-26)20-51-12-9-38(10-13-51)22-52(14-15-57-38)34(53)28-21-60-33(49-28)25-4-2-1-3-5-25/h1-7,16-18,21,30,48H,8-15,19-20,22H2,(H,50,56)/t30-/m0/s1. The van der Waals surface area contributed by atoms with E-state index in [0.29, 0.717) is 80.3 Å². The zero-order valence-corrected chi connectivity index (χ0v) is 33.5. The van der Waals surface area contributed by atoms with E-state index < -0.39 is 64.5 Å². The van der Waals surface area contributed by atoms with Gasteiger partial charge in [0.2, 0.25) is 0 Å². The van der Waals surface area contributed by atoms with E-state index in [2.05, 4.69) is 24.9 Å². The van der Waals surface area contributed by atoms with Gasteiger partial charge in [0, 0.05) is 49.2 Å². The van der Waals surface area contributed by atoms with Gasteiger partial charge in [-0.25, -0.2) is 19.0 Å². The summed E-state index contributed by atoms with van der Waals surface area (Å²) in [7, 11) is 0. The van der Waals surface area contributed by atoms with Crippen molar-refractivity contribution in [3.63, 3.8) is 0 Å². The molecule has 0 saturated carbocycles. The van der Waals surface area contributed by atoms with Crippen LogP contribution < -0.4 is 14.9 Å². The number of fused-ring (bicyclic) bond motifs is 1. The van der Waals surface area contributed by atoms with Gasteiger partial charge in [0.25, 0.3) is 5.91 Å². The Morgan fingerprint density at radius 1 is 0.951 bits per heavy atom. The maximum Gasteiger partial charge on any atom is 0.491 e. The lowest BCUT2D eigenvalue weighted by Gasteiger charge is -2.47. The summed E-state index contributed by atoms with van der Waals surface area (Å²) in [5.41, 5.74) is 1.45. The second kappa shape index (κ2) is 18.0. The SMILES string of the molecule is O=C(c1csc(-c2ccccc2)n1)N1CCOC2(CCN(Cc3cc(F)cc(CCNC[C@H](OC(=O)C(F)(F)F)c4ccc(OC(=O)C(F)(F)F)c5[nH]c(=O)sc45)c3)CC2)C1. The fourth-order valence-electron chi connectivity index (χ4n) is 7.30. The van der Waals surface area contributed by atoms with Gasteiger partial charge in [0.05, 0.1) is 23.5 Å². The number of hydrogen-bond acceptors (Lipinski definition) is 12. The first-order valence-electron chi connectivity index (χ1n) is 18.8. The molecule has 21 heteroatoms. The number of hydrogen-bond donors (Lipinski definition) is 2. The first kappa shape index (κ1) is 43.9. The van der Waals surface area contributed by atoms with Crippen molar-refractivity contribution < 1.29 is 59.3 Å². The summed E-state index contributed by atoms with van der Waals surface area (Å²) in [6, 6.07) is 16.0. The number of benzene rings is 3. The Labute approximate surface area is 350 Å². The number of carbonyl (C=O) groups excluding carboxylic acids is 3. The Balaban J connectivity index is 0.952. The number of thiazole rings is 2. The van der Waals surface area contributed by atoms with Crippen molar-refractivity contribution in [1.82, 2.24) is 25.1 Å². The van der Waals surface area contributed by atoms with Crippen LogP contribution in [0.3, 0.4) is 0 Å². The number of aromatic amines is 1. The number of nitrogens with zero attached hydrogens (tertiary/aromatic N) is 3. The number of alkyl halides is 6. The Bertz CT molecular complexity index is 2450. The molecule has 1 atom stereocenters. The van der Waals surface area contributed by atoms with Crippen LogP contribution in [0.25, 0.3) is 20.8 Å². The summed E-state index contributed by atoms with van der Waals surface area (Å²) in [5, 5.41) is 5.41. The second-order valence-corrected chi connectivity index (χ2v) is 16.4. The highest BCUT2D eigenvalue weighted by atomic mass is 32.1. The van der Waals surface area contributed by atoms with Gasteiger partial charge in [0.15, 0.2) is 5.75 Å². The van der Waals surface area contributed by atoms with Gasteiger partial charge in [-0.1, -0.05) is 47.7 Å². The minimum Gasteiger partial charge on any atom is -0.449 e. The van der Waals surface area contributed by atoms with E-state index in [1.54, 1.807) is 16.3 Å². The first-order chi connectivity index (χ1) is 29.0. The molecule has 61 heavy (non-hydrogen) atoms. The van der Waals surface area contributed by atoms with Crippen molar-refractivity contribution in [2.24, 2.45) is 0 Å². The largest absolute Gasteiger partial charge is 0.491 e. The highest BCUT2D eigenvalue weighted by molar-refractivity contribution is 7.16.